The van der Waals surface area contributed by atoms with Gasteiger partial charge in [-0.2, -0.15) is 0 Å². The number of nitrogens with zero attached hydrogens (tertiary/aromatic N) is 1. The Labute approximate surface area is 149 Å². The first-order chi connectivity index (χ1) is 11.5. The summed E-state index contributed by atoms with van der Waals surface area (Å²) in [7, 11) is 0. The zero-order valence-corrected chi connectivity index (χ0v) is 15.4. The van der Waals surface area contributed by atoms with Crippen LogP contribution in [-0.2, 0) is 4.79 Å². The van der Waals surface area contributed by atoms with Crippen LogP contribution in [0.5, 0.6) is 5.75 Å². The number of aryl methyl sites for hydroxylation is 3. The molecular weight excluding hydrogens is 340 g/mol. The summed E-state index contributed by atoms with van der Waals surface area (Å²) < 4.78 is 5.68. The van der Waals surface area contributed by atoms with E-state index in [1.165, 1.54) is 11.3 Å². The highest BCUT2D eigenvalue weighted by Gasteiger charge is 2.13. The second kappa shape index (κ2) is 7.15. The lowest BCUT2D eigenvalue weighted by atomic mass is 10.1. The van der Waals surface area contributed by atoms with Crippen LogP contribution in [0.3, 0.4) is 0 Å². The van der Waals surface area contributed by atoms with Gasteiger partial charge >= 0.3 is 0 Å². The van der Waals surface area contributed by atoms with Crippen molar-refractivity contribution in [3.63, 3.8) is 0 Å². The lowest BCUT2D eigenvalue weighted by Gasteiger charge is -2.11. The van der Waals surface area contributed by atoms with E-state index in [1.807, 2.05) is 56.5 Å². The summed E-state index contributed by atoms with van der Waals surface area (Å²) in [5.74, 6) is 0.561. The summed E-state index contributed by atoms with van der Waals surface area (Å²) in [6.07, 6.45) is 0. The first kappa shape index (κ1) is 16.7. The van der Waals surface area contributed by atoms with Crippen molar-refractivity contribution < 1.29 is 9.53 Å². The third kappa shape index (κ3) is 3.66. The number of aromatic nitrogens is 1. The summed E-state index contributed by atoms with van der Waals surface area (Å²) in [6, 6.07) is 9.94. The second-order valence-corrected chi connectivity index (χ2v) is 7.61. The van der Waals surface area contributed by atoms with Crippen molar-refractivity contribution in [3.8, 4) is 16.3 Å². The van der Waals surface area contributed by atoms with Crippen molar-refractivity contribution in [2.45, 2.75) is 20.8 Å². The number of rotatable bonds is 5. The van der Waals surface area contributed by atoms with Crippen LogP contribution in [0.1, 0.15) is 16.0 Å². The third-order valence-corrected chi connectivity index (χ3v) is 5.32. The fourth-order valence-electron chi connectivity index (χ4n) is 2.41. The van der Waals surface area contributed by atoms with Gasteiger partial charge in [-0.3, -0.25) is 10.1 Å². The number of ether oxygens (including phenoxy) is 1. The summed E-state index contributed by atoms with van der Waals surface area (Å²) >= 11 is 3.12. The lowest BCUT2D eigenvalue weighted by Crippen LogP contribution is -2.20. The summed E-state index contributed by atoms with van der Waals surface area (Å²) in [6.45, 7) is 5.92. The standard InChI is InChI=1S/C18H18N2O2S2/c1-11-6-4-7-12(2)17(11)22-10-15(21)19-18-20-16(13(3)24-18)14-8-5-9-23-14/h4-9H,10H2,1-3H3,(H,19,20,21). The maximum Gasteiger partial charge on any atom is 0.264 e. The third-order valence-electron chi connectivity index (χ3n) is 3.55. The highest BCUT2D eigenvalue weighted by molar-refractivity contribution is 7.17. The molecule has 0 aliphatic rings. The molecule has 0 atom stereocenters. The quantitative estimate of drug-likeness (QED) is 0.712. The number of carbonyl (C=O) groups excluding carboxylic acids is 1. The van der Waals surface area contributed by atoms with Crippen LogP contribution in [0.15, 0.2) is 35.7 Å². The van der Waals surface area contributed by atoms with Crippen LogP contribution in [0.4, 0.5) is 5.13 Å². The molecule has 4 nitrogen and oxygen atoms in total. The molecule has 0 fully saturated rings. The van der Waals surface area contributed by atoms with Gasteiger partial charge in [0, 0.05) is 4.88 Å². The Kier molecular flexibility index (Phi) is 4.97. The van der Waals surface area contributed by atoms with Gasteiger partial charge in [0.2, 0.25) is 0 Å². The highest BCUT2D eigenvalue weighted by atomic mass is 32.1. The van der Waals surface area contributed by atoms with E-state index >= 15 is 0 Å². The van der Waals surface area contributed by atoms with E-state index in [0.717, 1.165) is 32.3 Å². The summed E-state index contributed by atoms with van der Waals surface area (Å²) in [4.78, 5) is 18.9. The summed E-state index contributed by atoms with van der Waals surface area (Å²) in [5.41, 5.74) is 2.97. The van der Waals surface area contributed by atoms with Gasteiger partial charge in [0.25, 0.3) is 5.91 Å². The van der Waals surface area contributed by atoms with Gasteiger partial charge in [0.1, 0.15) is 5.75 Å². The minimum atomic E-state index is -0.205. The molecule has 1 N–H and O–H groups in total. The molecule has 1 aromatic carbocycles. The lowest BCUT2D eigenvalue weighted by molar-refractivity contribution is -0.118. The van der Waals surface area contributed by atoms with E-state index < -0.39 is 0 Å². The van der Waals surface area contributed by atoms with E-state index in [9.17, 15) is 4.79 Å². The fourth-order valence-corrected chi connectivity index (χ4v) is 4.09. The highest BCUT2D eigenvalue weighted by Crippen LogP contribution is 2.33. The monoisotopic (exact) mass is 358 g/mol. The van der Waals surface area contributed by atoms with Crippen molar-refractivity contribution in [1.29, 1.82) is 0 Å². The van der Waals surface area contributed by atoms with Crippen LogP contribution in [-0.4, -0.2) is 17.5 Å². The van der Waals surface area contributed by atoms with Crippen molar-refractivity contribution in [2.24, 2.45) is 0 Å². The summed E-state index contributed by atoms with van der Waals surface area (Å²) in [5, 5.41) is 5.44. The first-order valence-corrected chi connectivity index (χ1v) is 9.24. The smallest absolute Gasteiger partial charge is 0.264 e. The number of hydrogen-bond acceptors (Lipinski definition) is 5. The van der Waals surface area contributed by atoms with Crippen molar-refractivity contribution in [3.05, 3.63) is 51.7 Å². The van der Waals surface area contributed by atoms with Gasteiger partial charge in [-0.25, -0.2) is 4.98 Å². The Morgan fingerprint density at radius 2 is 1.92 bits per heavy atom. The molecule has 1 amide bonds. The van der Waals surface area contributed by atoms with Crippen molar-refractivity contribution >= 4 is 33.7 Å². The minimum absolute atomic E-state index is 0.0291. The average molecular weight is 358 g/mol. The van der Waals surface area contributed by atoms with Gasteiger partial charge in [-0.05, 0) is 43.3 Å². The molecule has 0 bridgehead atoms. The number of carbonyl (C=O) groups is 1. The number of amides is 1. The molecule has 0 unspecified atom stereocenters. The number of nitrogens with one attached hydrogen (secondary N) is 1. The molecule has 0 spiro atoms. The Morgan fingerprint density at radius 3 is 2.58 bits per heavy atom. The SMILES string of the molecule is Cc1cccc(C)c1OCC(=O)Nc1nc(-c2cccs2)c(C)s1. The maximum absolute atomic E-state index is 12.1. The number of thiophene rings is 1. The molecule has 0 aliphatic carbocycles. The number of para-hydroxylation sites is 1. The molecule has 2 heterocycles. The van der Waals surface area contributed by atoms with E-state index in [1.54, 1.807) is 11.3 Å². The Bertz CT molecular complexity index is 834. The normalized spacial score (nSPS) is 10.6. The van der Waals surface area contributed by atoms with Crippen LogP contribution in [0.25, 0.3) is 10.6 Å². The van der Waals surface area contributed by atoms with Crippen molar-refractivity contribution in [2.75, 3.05) is 11.9 Å². The molecule has 3 aromatic rings. The molecule has 6 heteroatoms. The van der Waals surface area contributed by atoms with E-state index in [0.29, 0.717) is 5.13 Å². The average Bonchev–Trinajstić information content (AvgIpc) is 3.16. The van der Waals surface area contributed by atoms with E-state index in [4.69, 9.17) is 4.74 Å². The molecular formula is C18H18N2O2S2. The van der Waals surface area contributed by atoms with Crippen LogP contribution in [0, 0.1) is 20.8 Å². The number of anilines is 1. The molecule has 0 aliphatic heterocycles. The molecule has 0 saturated carbocycles. The van der Waals surface area contributed by atoms with Gasteiger partial charge in [0.05, 0.1) is 10.6 Å². The molecule has 3 rings (SSSR count). The Hall–Kier alpha value is -2.18. The van der Waals surface area contributed by atoms with Crippen LogP contribution in [0.2, 0.25) is 0 Å². The molecule has 2 aromatic heterocycles. The largest absolute Gasteiger partial charge is 0.483 e. The minimum Gasteiger partial charge on any atom is -0.483 e. The van der Waals surface area contributed by atoms with Crippen molar-refractivity contribution in [1.82, 2.24) is 4.98 Å². The predicted octanol–water partition coefficient (Wildman–Crippen LogP) is 4.81. The topological polar surface area (TPSA) is 51.2 Å². The fraction of sp³-hybridized carbons (Fsp3) is 0.222. The van der Waals surface area contributed by atoms with Gasteiger partial charge < -0.3 is 4.74 Å². The van der Waals surface area contributed by atoms with Gasteiger partial charge in [-0.15, -0.1) is 22.7 Å². The Balaban J connectivity index is 1.64. The van der Waals surface area contributed by atoms with Gasteiger partial charge in [0.15, 0.2) is 11.7 Å². The van der Waals surface area contributed by atoms with E-state index in [2.05, 4.69) is 10.3 Å². The number of thiazole rings is 1. The zero-order chi connectivity index (χ0) is 17.1. The van der Waals surface area contributed by atoms with E-state index in [-0.39, 0.29) is 12.5 Å². The van der Waals surface area contributed by atoms with Crippen LogP contribution >= 0.6 is 22.7 Å². The first-order valence-electron chi connectivity index (χ1n) is 7.55. The van der Waals surface area contributed by atoms with Gasteiger partial charge in [-0.1, -0.05) is 24.3 Å². The zero-order valence-electron chi connectivity index (χ0n) is 13.8. The maximum atomic E-state index is 12.1. The predicted molar refractivity (Wildman–Crippen MR) is 100 cm³/mol. The molecule has 0 radical (unpaired) electrons. The molecule has 24 heavy (non-hydrogen) atoms. The second-order valence-electron chi connectivity index (χ2n) is 5.46. The Morgan fingerprint density at radius 1 is 1.17 bits per heavy atom. The number of benzene rings is 1. The van der Waals surface area contributed by atoms with Crippen LogP contribution < -0.4 is 10.1 Å². The molecule has 0 saturated heterocycles. The number of hydrogen-bond donors (Lipinski definition) is 1. The molecule has 124 valence electrons.